The summed E-state index contributed by atoms with van der Waals surface area (Å²) in [5.41, 5.74) is 5.36. The molecule has 0 aromatic rings. The standard InChI is InChI=1S/C17H33N3O/c1-4-10-19-17(16(18)21,14-5-6-14)12-20(15-7-8-15)11-9-13(2)3/h13-15,19H,4-12H2,1-3H3,(H2,18,21). The van der Waals surface area contributed by atoms with Crippen LogP contribution in [0, 0.1) is 11.8 Å². The fourth-order valence-electron chi connectivity index (χ4n) is 3.19. The number of amides is 1. The molecule has 2 rings (SSSR count). The molecule has 0 aromatic carbocycles. The smallest absolute Gasteiger partial charge is 0.239 e. The predicted octanol–water partition coefficient (Wildman–Crippen LogP) is 2.13. The largest absolute Gasteiger partial charge is 0.368 e. The number of nitrogens with two attached hydrogens (primary N) is 1. The fraction of sp³-hybridized carbons (Fsp3) is 0.941. The van der Waals surface area contributed by atoms with E-state index in [0.717, 1.165) is 38.9 Å². The average Bonchev–Trinajstić information content (AvgIpc) is 3.28. The molecule has 2 aliphatic carbocycles. The Labute approximate surface area is 129 Å². The van der Waals surface area contributed by atoms with Crippen LogP contribution in [-0.4, -0.2) is 42.0 Å². The molecule has 0 saturated heterocycles. The summed E-state index contributed by atoms with van der Waals surface area (Å²) < 4.78 is 0. The predicted molar refractivity (Wildman–Crippen MR) is 87.0 cm³/mol. The first-order valence-corrected chi connectivity index (χ1v) is 8.78. The van der Waals surface area contributed by atoms with Crippen molar-refractivity contribution in [2.24, 2.45) is 17.6 Å². The highest BCUT2D eigenvalue weighted by molar-refractivity contribution is 5.86. The van der Waals surface area contributed by atoms with Crippen LogP contribution in [0.15, 0.2) is 0 Å². The third-order valence-electron chi connectivity index (χ3n) is 4.91. The lowest BCUT2D eigenvalue weighted by molar-refractivity contribution is -0.126. The van der Waals surface area contributed by atoms with Gasteiger partial charge in [0.05, 0.1) is 0 Å². The highest BCUT2D eigenvalue weighted by Crippen LogP contribution is 2.41. The van der Waals surface area contributed by atoms with E-state index in [0.29, 0.717) is 17.9 Å². The van der Waals surface area contributed by atoms with E-state index < -0.39 is 5.54 Å². The maximum atomic E-state index is 12.3. The Hall–Kier alpha value is -0.610. The van der Waals surface area contributed by atoms with E-state index in [1.807, 2.05) is 0 Å². The first-order valence-electron chi connectivity index (χ1n) is 8.78. The van der Waals surface area contributed by atoms with Gasteiger partial charge in [-0.3, -0.25) is 9.69 Å². The van der Waals surface area contributed by atoms with E-state index >= 15 is 0 Å². The maximum absolute atomic E-state index is 12.3. The molecule has 1 atom stereocenters. The van der Waals surface area contributed by atoms with E-state index in [4.69, 9.17) is 5.73 Å². The first-order chi connectivity index (χ1) is 9.99. The Morgan fingerprint density at radius 1 is 1.33 bits per heavy atom. The zero-order valence-corrected chi connectivity index (χ0v) is 14.0. The lowest BCUT2D eigenvalue weighted by atomic mass is 9.90. The SMILES string of the molecule is CCCNC(CN(CCC(C)C)C1CC1)(C(N)=O)C1CC1. The lowest BCUT2D eigenvalue weighted by Crippen LogP contribution is -2.63. The number of rotatable bonds is 11. The highest BCUT2D eigenvalue weighted by Gasteiger charge is 2.51. The normalized spacial score (nSPS) is 21.8. The molecule has 3 N–H and O–H groups in total. The molecule has 2 aliphatic rings. The van der Waals surface area contributed by atoms with Gasteiger partial charge in [-0.25, -0.2) is 0 Å². The fourth-order valence-corrected chi connectivity index (χ4v) is 3.19. The van der Waals surface area contributed by atoms with E-state index in [1.165, 1.54) is 19.3 Å². The highest BCUT2D eigenvalue weighted by atomic mass is 16.1. The van der Waals surface area contributed by atoms with Crippen LogP contribution < -0.4 is 11.1 Å². The van der Waals surface area contributed by atoms with E-state index in [9.17, 15) is 4.79 Å². The van der Waals surface area contributed by atoms with Gasteiger partial charge in [0.1, 0.15) is 5.54 Å². The van der Waals surface area contributed by atoms with Gasteiger partial charge in [0.15, 0.2) is 0 Å². The Kier molecular flexibility index (Phi) is 5.67. The second-order valence-corrected chi connectivity index (χ2v) is 7.42. The molecule has 4 heteroatoms. The number of hydrogen-bond donors (Lipinski definition) is 2. The molecule has 0 bridgehead atoms. The van der Waals surface area contributed by atoms with Crippen LogP contribution in [0.4, 0.5) is 0 Å². The van der Waals surface area contributed by atoms with Gasteiger partial charge in [-0.2, -0.15) is 0 Å². The molecule has 21 heavy (non-hydrogen) atoms. The van der Waals surface area contributed by atoms with Gasteiger partial charge in [0.25, 0.3) is 0 Å². The van der Waals surface area contributed by atoms with Crippen molar-refractivity contribution in [3.05, 3.63) is 0 Å². The molecule has 0 spiro atoms. The topological polar surface area (TPSA) is 58.4 Å². The molecule has 1 unspecified atom stereocenters. The van der Waals surface area contributed by atoms with Gasteiger partial charge in [0.2, 0.25) is 5.91 Å². The first kappa shape index (κ1) is 16.8. The minimum absolute atomic E-state index is 0.145. The van der Waals surface area contributed by atoms with Gasteiger partial charge in [0, 0.05) is 12.6 Å². The number of nitrogens with zero attached hydrogens (tertiary/aromatic N) is 1. The average molecular weight is 295 g/mol. The summed E-state index contributed by atoms with van der Waals surface area (Å²) in [5, 5.41) is 3.53. The molecule has 122 valence electrons. The zero-order valence-electron chi connectivity index (χ0n) is 14.0. The van der Waals surface area contributed by atoms with Crippen LogP contribution in [0.3, 0.4) is 0 Å². The summed E-state index contributed by atoms with van der Waals surface area (Å²) in [6, 6.07) is 0.685. The molecule has 2 saturated carbocycles. The summed E-state index contributed by atoms with van der Waals surface area (Å²) in [6.07, 6.45) is 7.09. The van der Waals surface area contributed by atoms with Crippen molar-refractivity contribution in [1.82, 2.24) is 10.2 Å². The lowest BCUT2D eigenvalue weighted by Gasteiger charge is -2.38. The van der Waals surface area contributed by atoms with E-state index in [1.54, 1.807) is 0 Å². The number of carbonyl (C=O) groups excluding carboxylic acids is 1. The third kappa shape index (κ3) is 4.43. The second-order valence-electron chi connectivity index (χ2n) is 7.42. The van der Waals surface area contributed by atoms with Gasteiger partial charge < -0.3 is 11.1 Å². The van der Waals surface area contributed by atoms with Crippen molar-refractivity contribution in [2.75, 3.05) is 19.6 Å². The van der Waals surface area contributed by atoms with Crippen LogP contribution in [0.25, 0.3) is 0 Å². The van der Waals surface area contributed by atoms with Crippen molar-refractivity contribution in [2.45, 2.75) is 70.9 Å². The van der Waals surface area contributed by atoms with Gasteiger partial charge in [-0.1, -0.05) is 20.8 Å². The zero-order chi connectivity index (χ0) is 15.5. The number of carbonyl (C=O) groups is 1. The summed E-state index contributed by atoms with van der Waals surface area (Å²) in [7, 11) is 0. The molecule has 1 amide bonds. The summed E-state index contributed by atoms with van der Waals surface area (Å²) in [5.74, 6) is 1.01. The van der Waals surface area contributed by atoms with E-state index in [2.05, 4.69) is 31.0 Å². The Bertz CT molecular complexity index is 350. The molecule has 0 radical (unpaired) electrons. The quantitative estimate of drug-likeness (QED) is 0.614. The maximum Gasteiger partial charge on any atom is 0.239 e. The summed E-state index contributed by atoms with van der Waals surface area (Å²) in [4.78, 5) is 14.8. The molecular formula is C17H33N3O. The second kappa shape index (κ2) is 7.10. The van der Waals surface area contributed by atoms with Crippen LogP contribution in [0.5, 0.6) is 0 Å². The number of primary amides is 1. The van der Waals surface area contributed by atoms with Crippen molar-refractivity contribution in [3.63, 3.8) is 0 Å². The van der Waals surface area contributed by atoms with Crippen LogP contribution >= 0.6 is 0 Å². The van der Waals surface area contributed by atoms with Crippen LogP contribution in [0.2, 0.25) is 0 Å². The molecule has 4 nitrogen and oxygen atoms in total. The Balaban J connectivity index is 2.05. The monoisotopic (exact) mass is 295 g/mol. The summed E-state index contributed by atoms with van der Waals surface area (Å²) >= 11 is 0. The molecular weight excluding hydrogens is 262 g/mol. The van der Waals surface area contributed by atoms with Gasteiger partial charge >= 0.3 is 0 Å². The Morgan fingerprint density at radius 3 is 2.43 bits per heavy atom. The Morgan fingerprint density at radius 2 is 2.00 bits per heavy atom. The third-order valence-corrected chi connectivity index (χ3v) is 4.91. The number of hydrogen-bond acceptors (Lipinski definition) is 3. The van der Waals surface area contributed by atoms with Crippen molar-refractivity contribution in [3.8, 4) is 0 Å². The van der Waals surface area contributed by atoms with Crippen molar-refractivity contribution < 1.29 is 4.79 Å². The van der Waals surface area contributed by atoms with Gasteiger partial charge in [-0.15, -0.1) is 0 Å². The van der Waals surface area contributed by atoms with E-state index in [-0.39, 0.29) is 5.91 Å². The van der Waals surface area contributed by atoms with Crippen LogP contribution in [0.1, 0.15) is 59.3 Å². The molecule has 0 aliphatic heterocycles. The molecule has 0 aromatic heterocycles. The molecule has 0 heterocycles. The van der Waals surface area contributed by atoms with Gasteiger partial charge in [-0.05, 0) is 63.5 Å². The summed E-state index contributed by atoms with van der Waals surface area (Å²) in [6.45, 7) is 9.46. The van der Waals surface area contributed by atoms with Crippen LogP contribution in [-0.2, 0) is 4.79 Å². The number of nitrogens with one attached hydrogen (secondary N) is 1. The van der Waals surface area contributed by atoms with Crippen molar-refractivity contribution in [1.29, 1.82) is 0 Å². The van der Waals surface area contributed by atoms with Crippen molar-refractivity contribution >= 4 is 5.91 Å². The minimum Gasteiger partial charge on any atom is -0.368 e. The minimum atomic E-state index is -0.490. The molecule has 2 fully saturated rings.